The Morgan fingerprint density at radius 2 is 1.72 bits per heavy atom. The molecule has 1 amide bonds. The van der Waals surface area contributed by atoms with Crippen LogP contribution in [0.2, 0.25) is 0 Å². The van der Waals surface area contributed by atoms with Crippen LogP contribution in [0.5, 0.6) is 11.5 Å². The second-order valence-electron chi connectivity index (χ2n) is 5.99. The van der Waals surface area contributed by atoms with Crippen molar-refractivity contribution >= 4 is 28.2 Å². The highest BCUT2D eigenvalue weighted by molar-refractivity contribution is 7.15. The first-order valence-electron chi connectivity index (χ1n) is 8.95. The van der Waals surface area contributed by atoms with Gasteiger partial charge in [0, 0.05) is 16.5 Å². The molecule has 29 heavy (non-hydrogen) atoms. The predicted octanol–water partition coefficient (Wildman–Crippen LogP) is 4.86. The fourth-order valence-corrected chi connectivity index (χ4v) is 3.73. The number of esters is 1. The summed E-state index contributed by atoms with van der Waals surface area (Å²) in [6, 6.07) is 14.2. The number of hydrogen-bond donors (Lipinski definition) is 1. The van der Waals surface area contributed by atoms with E-state index in [-0.39, 0.29) is 12.5 Å². The Bertz CT molecular complexity index is 1010. The van der Waals surface area contributed by atoms with Crippen LogP contribution in [-0.4, -0.2) is 32.7 Å². The first kappa shape index (κ1) is 20.4. The van der Waals surface area contributed by atoms with E-state index in [4.69, 9.17) is 14.2 Å². The maximum Gasteiger partial charge on any atom is 0.341 e. The zero-order valence-electron chi connectivity index (χ0n) is 16.4. The highest BCUT2D eigenvalue weighted by atomic mass is 32.1. The first-order valence-corrected chi connectivity index (χ1v) is 9.83. The van der Waals surface area contributed by atoms with Gasteiger partial charge in [0.15, 0.2) is 0 Å². The highest BCUT2D eigenvalue weighted by Gasteiger charge is 2.23. The van der Waals surface area contributed by atoms with Gasteiger partial charge in [0.2, 0.25) is 0 Å². The molecule has 0 saturated heterocycles. The second kappa shape index (κ2) is 9.25. The van der Waals surface area contributed by atoms with Crippen molar-refractivity contribution in [2.75, 3.05) is 26.1 Å². The Morgan fingerprint density at radius 3 is 2.38 bits per heavy atom. The third-order valence-electron chi connectivity index (χ3n) is 4.23. The van der Waals surface area contributed by atoms with Crippen molar-refractivity contribution in [3.05, 3.63) is 65.0 Å². The molecule has 0 fully saturated rings. The van der Waals surface area contributed by atoms with Gasteiger partial charge in [-0.25, -0.2) is 4.79 Å². The van der Waals surface area contributed by atoms with Crippen LogP contribution in [0.25, 0.3) is 11.1 Å². The Kier molecular flexibility index (Phi) is 6.51. The van der Waals surface area contributed by atoms with E-state index in [1.54, 1.807) is 38.3 Å². The molecule has 1 N–H and O–H groups in total. The maximum atomic E-state index is 12.7. The van der Waals surface area contributed by atoms with Gasteiger partial charge >= 0.3 is 5.97 Å². The number of benzene rings is 2. The third-order valence-corrected chi connectivity index (χ3v) is 5.13. The minimum absolute atomic E-state index is 0.236. The highest BCUT2D eigenvalue weighted by Crippen LogP contribution is 2.37. The fourth-order valence-electron chi connectivity index (χ4n) is 2.78. The zero-order chi connectivity index (χ0) is 20.8. The van der Waals surface area contributed by atoms with Gasteiger partial charge in [0.1, 0.15) is 22.1 Å². The maximum absolute atomic E-state index is 12.7. The number of carbonyl (C=O) groups excluding carboxylic acids is 2. The molecule has 0 aliphatic heterocycles. The number of thiophene rings is 1. The molecule has 0 unspecified atom stereocenters. The minimum atomic E-state index is -0.486. The quantitative estimate of drug-likeness (QED) is 0.562. The summed E-state index contributed by atoms with van der Waals surface area (Å²) in [6.45, 7) is 1.98. The summed E-state index contributed by atoms with van der Waals surface area (Å²) in [4.78, 5) is 25.4. The molecule has 1 heterocycles. The molecule has 3 rings (SSSR count). The van der Waals surface area contributed by atoms with Crippen molar-refractivity contribution in [2.24, 2.45) is 0 Å². The number of carbonyl (C=O) groups is 2. The van der Waals surface area contributed by atoms with Crippen LogP contribution in [-0.2, 0) is 4.74 Å². The minimum Gasteiger partial charge on any atom is -0.497 e. The lowest BCUT2D eigenvalue weighted by Crippen LogP contribution is -2.14. The van der Waals surface area contributed by atoms with E-state index in [1.807, 2.05) is 29.6 Å². The van der Waals surface area contributed by atoms with E-state index in [0.717, 1.165) is 5.56 Å². The lowest BCUT2D eigenvalue weighted by molar-refractivity contribution is 0.0529. The first-order chi connectivity index (χ1) is 14.1. The van der Waals surface area contributed by atoms with E-state index in [1.165, 1.54) is 18.4 Å². The van der Waals surface area contributed by atoms with Crippen molar-refractivity contribution in [1.82, 2.24) is 0 Å². The van der Waals surface area contributed by atoms with E-state index < -0.39 is 5.97 Å². The molecular weight excluding hydrogens is 390 g/mol. The van der Waals surface area contributed by atoms with Crippen molar-refractivity contribution < 1.29 is 23.8 Å². The van der Waals surface area contributed by atoms with Gasteiger partial charge in [0.25, 0.3) is 5.91 Å². The van der Waals surface area contributed by atoms with E-state index >= 15 is 0 Å². The SMILES string of the molecule is CCOC(=O)c1c(-c2ccc(OC)cc2)csc1NC(=O)c1cccc(OC)c1. The van der Waals surface area contributed by atoms with E-state index in [0.29, 0.717) is 33.2 Å². The third kappa shape index (κ3) is 4.57. The molecule has 0 aliphatic rings. The Hall–Kier alpha value is -3.32. The molecule has 1 aromatic heterocycles. The van der Waals surface area contributed by atoms with E-state index in [9.17, 15) is 9.59 Å². The van der Waals surface area contributed by atoms with Crippen LogP contribution >= 0.6 is 11.3 Å². The summed E-state index contributed by atoms with van der Waals surface area (Å²) in [6.07, 6.45) is 0. The molecule has 0 spiro atoms. The van der Waals surface area contributed by atoms with Gasteiger partial charge in [-0.3, -0.25) is 4.79 Å². The summed E-state index contributed by atoms with van der Waals surface area (Å²) >= 11 is 1.27. The van der Waals surface area contributed by atoms with Gasteiger partial charge in [-0.2, -0.15) is 0 Å². The van der Waals surface area contributed by atoms with Crippen LogP contribution in [0.1, 0.15) is 27.6 Å². The summed E-state index contributed by atoms with van der Waals surface area (Å²) < 4.78 is 15.6. The number of anilines is 1. The Balaban J connectivity index is 1.96. The number of rotatable bonds is 7. The van der Waals surface area contributed by atoms with Crippen molar-refractivity contribution in [3.63, 3.8) is 0 Å². The van der Waals surface area contributed by atoms with Gasteiger partial charge in [-0.15, -0.1) is 11.3 Å². The van der Waals surface area contributed by atoms with Crippen LogP contribution in [0.15, 0.2) is 53.9 Å². The van der Waals surface area contributed by atoms with Gasteiger partial charge in [-0.1, -0.05) is 18.2 Å². The number of amides is 1. The fraction of sp³-hybridized carbons (Fsp3) is 0.182. The molecule has 0 saturated carbocycles. The van der Waals surface area contributed by atoms with Crippen molar-refractivity contribution in [2.45, 2.75) is 6.92 Å². The lowest BCUT2D eigenvalue weighted by atomic mass is 10.0. The summed E-state index contributed by atoms with van der Waals surface area (Å²) in [5.74, 6) is 0.472. The molecular formula is C22H21NO5S. The van der Waals surface area contributed by atoms with Crippen LogP contribution in [0.3, 0.4) is 0 Å². The van der Waals surface area contributed by atoms with Gasteiger partial charge < -0.3 is 19.5 Å². The molecule has 6 nitrogen and oxygen atoms in total. The molecule has 3 aromatic rings. The smallest absolute Gasteiger partial charge is 0.341 e. The van der Waals surface area contributed by atoms with Crippen molar-refractivity contribution in [1.29, 1.82) is 0 Å². The molecule has 0 radical (unpaired) electrons. The standard InChI is InChI=1S/C22H21NO5S/c1-4-28-22(25)19-18(14-8-10-16(26-2)11-9-14)13-29-21(19)23-20(24)15-6-5-7-17(12-15)27-3/h5-13H,4H2,1-3H3,(H,23,24). The summed E-state index contributed by atoms with van der Waals surface area (Å²) in [5.41, 5.74) is 2.28. The normalized spacial score (nSPS) is 10.3. The number of hydrogen-bond acceptors (Lipinski definition) is 6. The van der Waals surface area contributed by atoms with Crippen LogP contribution in [0, 0.1) is 0 Å². The molecule has 150 valence electrons. The molecule has 2 aromatic carbocycles. The topological polar surface area (TPSA) is 73.9 Å². The molecule has 0 aliphatic carbocycles. The average molecular weight is 411 g/mol. The summed E-state index contributed by atoms with van der Waals surface area (Å²) in [5, 5.41) is 5.09. The zero-order valence-corrected chi connectivity index (χ0v) is 17.2. The predicted molar refractivity (Wildman–Crippen MR) is 113 cm³/mol. The Morgan fingerprint density at radius 1 is 1.00 bits per heavy atom. The molecule has 0 atom stereocenters. The average Bonchev–Trinajstić information content (AvgIpc) is 3.17. The Labute approximate surface area is 173 Å². The lowest BCUT2D eigenvalue weighted by Gasteiger charge is -2.10. The van der Waals surface area contributed by atoms with Crippen LogP contribution < -0.4 is 14.8 Å². The number of ether oxygens (including phenoxy) is 3. The van der Waals surface area contributed by atoms with Gasteiger partial charge in [-0.05, 0) is 42.8 Å². The monoisotopic (exact) mass is 411 g/mol. The second-order valence-corrected chi connectivity index (χ2v) is 6.87. The number of nitrogens with one attached hydrogen (secondary N) is 1. The van der Waals surface area contributed by atoms with Crippen LogP contribution in [0.4, 0.5) is 5.00 Å². The molecule has 0 bridgehead atoms. The van der Waals surface area contributed by atoms with Crippen molar-refractivity contribution in [3.8, 4) is 22.6 Å². The largest absolute Gasteiger partial charge is 0.497 e. The van der Waals surface area contributed by atoms with E-state index in [2.05, 4.69) is 5.32 Å². The summed E-state index contributed by atoms with van der Waals surface area (Å²) in [7, 11) is 3.13. The number of methoxy groups -OCH3 is 2. The van der Waals surface area contributed by atoms with Gasteiger partial charge in [0.05, 0.1) is 20.8 Å². The molecule has 7 heteroatoms.